The zero-order chi connectivity index (χ0) is 23.3. The minimum absolute atomic E-state index is 0.153. The van der Waals surface area contributed by atoms with Gasteiger partial charge in [-0.25, -0.2) is 19.7 Å². The summed E-state index contributed by atoms with van der Waals surface area (Å²) in [6, 6.07) is 15.4. The van der Waals surface area contributed by atoms with E-state index in [1.54, 1.807) is 11.0 Å². The number of nitrogens with one attached hydrogen (secondary N) is 1. The first-order chi connectivity index (χ1) is 16.5. The molecule has 2 aliphatic rings. The van der Waals surface area contributed by atoms with Gasteiger partial charge in [0.2, 0.25) is 0 Å². The fourth-order valence-electron chi connectivity index (χ4n) is 4.42. The van der Waals surface area contributed by atoms with E-state index < -0.39 is 0 Å². The lowest BCUT2D eigenvalue weighted by atomic mass is 9.78. The maximum absolute atomic E-state index is 12.8. The number of aromatic nitrogens is 3. The molecular weight excluding hydrogens is 448 g/mol. The molecule has 34 heavy (non-hydrogen) atoms. The number of aryl methyl sites for hydroxylation is 1. The SMILES string of the molecule is Cc1ncc2cc(-c3sc(NC(=O)N4CC5(COC5)C4)nc3-c3cccc(C#N)c3)ccc2n1. The standard InChI is InChI=1S/C25H20N6O2S/c1-15-27-10-19-8-18(5-6-20(19)28-15)22-21(17-4-2-3-16(7-17)9-26)29-23(34-22)30-24(32)31-11-25(12-31)13-33-14-25/h2-8,10H,11-14H2,1H3,(H,29,30,32). The number of urea groups is 1. The highest BCUT2D eigenvalue weighted by Gasteiger charge is 2.50. The minimum Gasteiger partial charge on any atom is -0.380 e. The zero-order valence-corrected chi connectivity index (χ0v) is 19.2. The van der Waals surface area contributed by atoms with Crippen molar-refractivity contribution in [1.82, 2.24) is 19.9 Å². The molecule has 0 radical (unpaired) electrons. The first-order valence-corrected chi connectivity index (χ1v) is 11.7. The molecule has 8 nitrogen and oxygen atoms in total. The second-order valence-corrected chi connectivity index (χ2v) is 9.86. The molecule has 0 atom stereocenters. The van der Waals surface area contributed by atoms with Gasteiger partial charge in [0.1, 0.15) is 5.82 Å². The number of hydrogen-bond acceptors (Lipinski definition) is 7. The number of carbonyl (C=O) groups excluding carboxylic acids is 1. The second kappa shape index (κ2) is 7.87. The maximum Gasteiger partial charge on any atom is 0.323 e. The lowest BCUT2D eigenvalue weighted by molar-refractivity contribution is -0.174. The van der Waals surface area contributed by atoms with Crippen molar-refractivity contribution >= 4 is 33.4 Å². The van der Waals surface area contributed by atoms with Crippen molar-refractivity contribution in [2.75, 3.05) is 31.6 Å². The van der Waals surface area contributed by atoms with Gasteiger partial charge in [0, 0.05) is 30.2 Å². The average Bonchev–Trinajstić information content (AvgIpc) is 3.20. The lowest BCUT2D eigenvalue weighted by Crippen LogP contribution is -2.67. The first kappa shape index (κ1) is 20.7. The molecule has 168 valence electrons. The number of amides is 2. The molecule has 2 aromatic heterocycles. The largest absolute Gasteiger partial charge is 0.380 e. The van der Waals surface area contributed by atoms with E-state index >= 15 is 0 Å². The number of anilines is 1. The average molecular weight is 469 g/mol. The second-order valence-electron chi connectivity index (χ2n) is 8.86. The Morgan fingerprint density at radius 3 is 2.79 bits per heavy atom. The highest BCUT2D eigenvalue weighted by molar-refractivity contribution is 7.19. The van der Waals surface area contributed by atoms with Gasteiger partial charge < -0.3 is 9.64 Å². The van der Waals surface area contributed by atoms with E-state index in [4.69, 9.17) is 9.72 Å². The van der Waals surface area contributed by atoms with Crippen molar-refractivity contribution in [3.63, 3.8) is 0 Å². The van der Waals surface area contributed by atoms with Crippen LogP contribution in [0, 0.1) is 23.7 Å². The van der Waals surface area contributed by atoms with Gasteiger partial charge in [-0.05, 0) is 36.8 Å². The molecule has 6 rings (SSSR count). The topological polar surface area (TPSA) is 104 Å². The molecule has 2 aliphatic heterocycles. The molecule has 2 saturated heterocycles. The third kappa shape index (κ3) is 3.57. The quantitative estimate of drug-likeness (QED) is 0.476. The van der Waals surface area contributed by atoms with Crippen LogP contribution in [-0.2, 0) is 4.74 Å². The first-order valence-electron chi connectivity index (χ1n) is 10.9. The molecule has 4 heterocycles. The van der Waals surface area contributed by atoms with Crippen LogP contribution < -0.4 is 5.32 Å². The Morgan fingerprint density at radius 2 is 2.03 bits per heavy atom. The van der Waals surface area contributed by atoms with Crippen LogP contribution in [0.1, 0.15) is 11.4 Å². The summed E-state index contributed by atoms with van der Waals surface area (Å²) >= 11 is 1.41. The summed E-state index contributed by atoms with van der Waals surface area (Å²) in [5.41, 5.74) is 4.06. The van der Waals surface area contributed by atoms with Gasteiger partial charge in [-0.3, -0.25) is 5.32 Å². The molecule has 0 aliphatic carbocycles. The molecule has 1 N–H and O–H groups in total. The summed E-state index contributed by atoms with van der Waals surface area (Å²) in [6.07, 6.45) is 1.81. The van der Waals surface area contributed by atoms with Gasteiger partial charge in [0.15, 0.2) is 5.13 Å². The normalized spacial score (nSPS) is 16.1. The maximum atomic E-state index is 12.8. The minimum atomic E-state index is -0.155. The van der Waals surface area contributed by atoms with E-state index in [2.05, 4.69) is 21.4 Å². The van der Waals surface area contributed by atoms with Crippen LogP contribution in [0.4, 0.5) is 9.93 Å². The molecule has 1 spiro atoms. The Balaban J connectivity index is 1.37. The molecule has 0 bridgehead atoms. The van der Waals surface area contributed by atoms with Gasteiger partial charge in [0.05, 0.1) is 46.3 Å². The van der Waals surface area contributed by atoms with Gasteiger partial charge in [-0.1, -0.05) is 29.5 Å². The van der Waals surface area contributed by atoms with E-state index in [-0.39, 0.29) is 11.4 Å². The van der Waals surface area contributed by atoms with Crippen LogP contribution in [0.25, 0.3) is 32.6 Å². The van der Waals surface area contributed by atoms with Crippen LogP contribution in [0.15, 0.2) is 48.7 Å². The van der Waals surface area contributed by atoms with E-state index in [0.29, 0.717) is 23.8 Å². The van der Waals surface area contributed by atoms with Crippen LogP contribution in [-0.4, -0.2) is 52.2 Å². The molecular formula is C25H20N6O2S. The third-order valence-electron chi connectivity index (χ3n) is 6.22. The van der Waals surface area contributed by atoms with Crippen molar-refractivity contribution < 1.29 is 9.53 Å². The fraction of sp³-hybridized carbons (Fsp3) is 0.240. The summed E-state index contributed by atoms with van der Waals surface area (Å²) in [7, 11) is 0. The van der Waals surface area contributed by atoms with E-state index in [1.165, 1.54) is 11.3 Å². The van der Waals surface area contributed by atoms with E-state index in [9.17, 15) is 10.1 Å². The van der Waals surface area contributed by atoms with Crippen LogP contribution in [0.3, 0.4) is 0 Å². The van der Waals surface area contributed by atoms with Crippen LogP contribution in [0.5, 0.6) is 0 Å². The van der Waals surface area contributed by atoms with E-state index in [1.807, 2.05) is 49.5 Å². The number of fused-ring (bicyclic) bond motifs is 1. The van der Waals surface area contributed by atoms with Crippen LogP contribution >= 0.6 is 11.3 Å². The number of ether oxygens (including phenoxy) is 1. The van der Waals surface area contributed by atoms with Crippen molar-refractivity contribution in [2.24, 2.45) is 5.41 Å². The Labute approximate surface area is 199 Å². The van der Waals surface area contributed by atoms with Gasteiger partial charge in [0.25, 0.3) is 0 Å². The van der Waals surface area contributed by atoms with Crippen molar-refractivity contribution in [3.05, 3.63) is 60.0 Å². The lowest BCUT2D eigenvalue weighted by Gasteiger charge is -2.54. The predicted molar refractivity (Wildman–Crippen MR) is 129 cm³/mol. The van der Waals surface area contributed by atoms with Gasteiger partial charge >= 0.3 is 6.03 Å². The Hall–Kier alpha value is -3.87. The number of rotatable bonds is 3. The number of likely N-dealkylation sites (tertiary alicyclic amines) is 1. The molecule has 4 aromatic rings. The van der Waals surface area contributed by atoms with Crippen molar-refractivity contribution in [3.8, 4) is 27.8 Å². The number of thiazole rings is 1. The summed E-state index contributed by atoms with van der Waals surface area (Å²) in [6.45, 7) is 4.73. The highest BCUT2D eigenvalue weighted by Crippen LogP contribution is 2.41. The molecule has 0 unspecified atom stereocenters. The third-order valence-corrected chi connectivity index (χ3v) is 7.24. The Bertz CT molecular complexity index is 1480. The number of carbonyl (C=O) groups is 1. The Morgan fingerprint density at radius 1 is 1.18 bits per heavy atom. The number of nitriles is 1. The Kier molecular flexibility index (Phi) is 4.79. The monoisotopic (exact) mass is 468 g/mol. The smallest absolute Gasteiger partial charge is 0.323 e. The fourth-order valence-corrected chi connectivity index (χ4v) is 5.39. The summed E-state index contributed by atoms with van der Waals surface area (Å²) in [5.74, 6) is 0.721. The van der Waals surface area contributed by atoms with Gasteiger partial charge in [-0.15, -0.1) is 0 Å². The predicted octanol–water partition coefficient (Wildman–Crippen LogP) is 4.46. The highest BCUT2D eigenvalue weighted by atomic mass is 32.1. The summed E-state index contributed by atoms with van der Waals surface area (Å²) < 4.78 is 5.30. The number of hydrogen-bond donors (Lipinski definition) is 1. The molecule has 9 heteroatoms. The van der Waals surface area contributed by atoms with E-state index in [0.717, 1.165) is 51.6 Å². The van der Waals surface area contributed by atoms with Crippen LogP contribution in [0.2, 0.25) is 0 Å². The van der Waals surface area contributed by atoms with Gasteiger partial charge in [-0.2, -0.15) is 5.26 Å². The zero-order valence-electron chi connectivity index (χ0n) is 18.4. The summed E-state index contributed by atoms with van der Waals surface area (Å²) in [5, 5.41) is 13.8. The van der Waals surface area contributed by atoms with Crippen molar-refractivity contribution in [2.45, 2.75) is 6.92 Å². The van der Waals surface area contributed by atoms with Crippen molar-refractivity contribution in [1.29, 1.82) is 5.26 Å². The number of nitrogens with zero attached hydrogens (tertiary/aromatic N) is 5. The molecule has 2 fully saturated rings. The molecule has 0 saturated carbocycles. The molecule has 2 aromatic carbocycles. The summed E-state index contributed by atoms with van der Waals surface area (Å²) in [4.78, 5) is 29.1. The molecule has 2 amide bonds. The number of benzene rings is 2.